The lowest BCUT2D eigenvalue weighted by Gasteiger charge is -2.01. The highest BCUT2D eigenvalue weighted by atomic mass is 32.2. The second-order valence-electron chi connectivity index (χ2n) is 3.97. The summed E-state index contributed by atoms with van der Waals surface area (Å²) in [4.78, 5) is 25.7. The molecule has 0 spiro atoms. The number of thioether (sulfide) groups is 1. The lowest BCUT2D eigenvalue weighted by atomic mass is 10.2. The first-order chi connectivity index (χ1) is 8.22. The van der Waals surface area contributed by atoms with Crippen LogP contribution >= 0.6 is 11.8 Å². The molecule has 2 amide bonds. The first kappa shape index (κ1) is 10.4. The van der Waals surface area contributed by atoms with Gasteiger partial charge in [0, 0.05) is 17.6 Å². The molecular weight excluding hydrogens is 236 g/mol. The van der Waals surface area contributed by atoms with Gasteiger partial charge in [0.2, 0.25) is 5.91 Å². The van der Waals surface area contributed by atoms with Gasteiger partial charge in [0.25, 0.3) is 5.24 Å². The highest BCUT2D eigenvalue weighted by Crippen LogP contribution is 2.24. The Kier molecular flexibility index (Phi) is 2.40. The van der Waals surface area contributed by atoms with Gasteiger partial charge in [-0.05, 0) is 17.5 Å². The van der Waals surface area contributed by atoms with Crippen LogP contribution in [0.25, 0.3) is 10.9 Å². The highest BCUT2D eigenvalue weighted by molar-refractivity contribution is 8.15. The van der Waals surface area contributed by atoms with Crippen molar-refractivity contribution in [1.29, 1.82) is 0 Å². The molecule has 17 heavy (non-hydrogen) atoms. The molecule has 2 N–H and O–H groups in total. The van der Waals surface area contributed by atoms with Crippen molar-refractivity contribution in [1.82, 2.24) is 10.3 Å². The Bertz CT molecular complexity index is 572. The van der Waals surface area contributed by atoms with Crippen LogP contribution in [0.1, 0.15) is 5.69 Å². The summed E-state index contributed by atoms with van der Waals surface area (Å²) in [6.45, 7) is 0. The molecule has 0 aliphatic carbocycles. The van der Waals surface area contributed by atoms with E-state index in [-0.39, 0.29) is 16.4 Å². The number of benzene rings is 1. The molecule has 3 rings (SSSR count). The minimum atomic E-state index is -0.310. The fourth-order valence-corrected chi connectivity index (χ4v) is 2.82. The SMILES string of the molecule is O=C1NC(=O)C(Cc2cc3ccccc3[nH]2)S1. The van der Waals surface area contributed by atoms with E-state index in [1.54, 1.807) is 0 Å². The topological polar surface area (TPSA) is 62.0 Å². The zero-order valence-corrected chi connectivity index (χ0v) is 9.71. The van der Waals surface area contributed by atoms with Crippen molar-refractivity contribution in [2.24, 2.45) is 0 Å². The van der Waals surface area contributed by atoms with Gasteiger partial charge in [0.05, 0.1) is 5.25 Å². The molecule has 5 heteroatoms. The van der Waals surface area contributed by atoms with Gasteiger partial charge in [-0.2, -0.15) is 0 Å². The molecule has 0 radical (unpaired) electrons. The van der Waals surface area contributed by atoms with Crippen LogP contribution < -0.4 is 5.32 Å². The fraction of sp³-hybridized carbons (Fsp3) is 0.167. The van der Waals surface area contributed by atoms with Gasteiger partial charge in [-0.3, -0.25) is 14.9 Å². The average Bonchev–Trinajstić information content (AvgIpc) is 2.82. The van der Waals surface area contributed by atoms with Gasteiger partial charge in [-0.15, -0.1) is 0 Å². The second-order valence-corrected chi connectivity index (χ2v) is 5.14. The van der Waals surface area contributed by atoms with E-state index < -0.39 is 0 Å². The number of para-hydroxylation sites is 1. The van der Waals surface area contributed by atoms with Crippen molar-refractivity contribution in [2.45, 2.75) is 11.7 Å². The van der Waals surface area contributed by atoms with Crippen LogP contribution in [0.5, 0.6) is 0 Å². The molecule has 2 heterocycles. The maximum Gasteiger partial charge on any atom is 0.286 e. The molecule has 1 atom stereocenters. The summed E-state index contributed by atoms with van der Waals surface area (Å²) in [7, 11) is 0. The molecule has 1 aliphatic heterocycles. The van der Waals surface area contributed by atoms with E-state index >= 15 is 0 Å². The third-order valence-corrected chi connectivity index (χ3v) is 3.74. The molecular formula is C12H10N2O2S. The Hall–Kier alpha value is -1.75. The van der Waals surface area contributed by atoms with Gasteiger partial charge < -0.3 is 4.98 Å². The number of aromatic nitrogens is 1. The second kappa shape index (κ2) is 3.92. The van der Waals surface area contributed by atoms with Crippen molar-refractivity contribution in [3.05, 3.63) is 36.0 Å². The number of hydrogen-bond donors (Lipinski definition) is 2. The van der Waals surface area contributed by atoms with Crippen molar-refractivity contribution in [3.8, 4) is 0 Å². The molecule has 2 aromatic rings. The third kappa shape index (κ3) is 1.93. The highest BCUT2D eigenvalue weighted by Gasteiger charge is 2.31. The molecule has 1 saturated heterocycles. The predicted octanol–water partition coefficient (Wildman–Crippen LogP) is 2.06. The standard InChI is InChI=1S/C12H10N2O2S/c15-11-10(17-12(16)14-11)6-8-5-7-3-1-2-4-9(7)13-8/h1-5,10,13H,6H2,(H,14,15,16). The van der Waals surface area contributed by atoms with Gasteiger partial charge in [0.15, 0.2) is 0 Å². The van der Waals surface area contributed by atoms with Crippen LogP contribution in [0.4, 0.5) is 4.79 Å². The summed E-state index contributed by atoms with van der Waals surface area (Å²) in [5, 5.41) is 2.85. The van der Waals surface area contributed by atoms with Gasteiger partial charge in [-0.25, -0.2) is 0 Å². The largest absolute Gasteiger partial charge is 0.358 e. The van der Waals surface area contributed by atoms with Gasteiger partial charge in [-0.1, -0.05) is 30.0 Å². The summed E-state index contributed by atoms with van der Waals surface area (Å²) in [5.74, 6) is -0.196. The van der Waals surface area contributed by atoms with Crippen LogP contribution in [0, 0.1) is 0 Å². The van der Waals surface area contributed by atoms with E-state index in [0.29, 0.717) is 6.42 Å². The molecule has 0 bridgehead atoms. The van der Waals surface area contributed by atoms with Crippen molar-refractivity contribution in [3.63, 3.8) is 0 Å². The molecule has 1 unspecified atom stereocenters. The average molecular weight is 246 g/mol. The first-order valence-corrected chi connectivity index (χ1v) is 6.18. The summed E-state index contributed by atoms with van der Waals surface area (Å²) >= 11 is 1.06. The number of rotatable bonds is 2. The van der Waals surface area contributed by atoms with E-state index in [0.717, 1.165) is 28.4 Å². The molecule has 4 nitrogen and oxygen atoms in total. The Labute approximate surface area is 102 Å². The van der Waals surface area contributed by atoms with E-state index in [1.165, 1.54) is 0 Å². The number of carbonyl (C=O) groups is 2. The van der Waals surface area contributed by atoms with Gasteiger partial charge >= 0.3 is 0 Å². The van der Waals surface area contributed by atoms with Crippen LogP contribution in [0.2, 0.25) is 0 Å². The lowest BCUT2D eigenvalue weighted by Crippen LogP contribution is -2.25. The minimum absolute atomic E-state index is 0.196. The van der Waals surface area contributed by atoms with E-state index in [4.69, 9.17) is 0 Å². The zero-order valence-electron chi connectivity index (χ0n) is 8.90. The Morgan fingerprint density at radius 2 is 2.06 bits per heavy atom. The number of nitrogens with one attached hydrogen (secondary N) is 2. The van der Waals surface area contributed by atoms with E-state index in [1.807, 2.05) is 30.3 Å². The van der Waals surface area contributed by atoms with Crippen LogP contribution in [0.15, 0.2) is 30.3 Å². The number of hydrogen-bond acceptors (Lipinski definition) is 3. The molecule has 1 aromatic carbocycles. The van der Waals surface area contributed by atoms with Crippen LogP contribution in [0.3, 0.4) is 0 Å². The first-order valence-electron chi connectivity index (χ1n) is 5.30. The van der Waals surface area contributed by atoms with Crippen LogP contribution in [-0.2, 0) is 11.2 Å². The summed E-state index contributed by atoms with van der Waals surface area (Å²) in [6, 6.07) is 9.96. The predicted molar refractivity (Wildman–Crippen MR) is 66.9 cm³/mol. The molecule has 1 aromatic heterocycles. The minimum Gasteiger partial charge on any atom is -0.358 e. The number of H-pyrrole nitrogens is 1. The quantitative estimate of drug-likeness (QED) is 0.852. The van der Waals surface area contributed by atoms with Gasteiger partial charge in [0.1, 0.15) is 0 Å². The normalized spacial score (nSPS) is 19.9. The van der Waals surface area contributed by atoms with Crippen molar-refractivity contribution >= 4 is 33.8 Å². The van der Waals surface area contributed by atoms with Crippen LogP contribution in [-0.4, -0.2) is 21.4 Å². The lowest BCUT2D eigenvalue weighted by molar-refractivity contribution is -0.118. The number of imide groups is 1. The van der Waals surface area contributed by atoms with Crippen molar-refractivity contribution in [2.75, 3.05) is 0 Å². The van der Waals surface area contributed by atoms with Crippen molar-refractivity contribution < 1.29 is 9.59 Å². The Morgan fingerprint density at radius 3 is 2.76 bits per heavy atom. The molecule has 0 saturated carbocycles. The Morgan fingerprint density at radius 1 is 1.24 bits per heavy atom. The summed E-state index contributed by atoms with van der Waals surface area (Å²) < 4.78 is 0. The maximum atomic E-state index is 11.4. The number of carbonyl (C=O) groups excluding carboxylic acids is 2. The monoisotopic (exact) mass is 246 g/mol. The Balaban J connectivity index is 1.85. The smallest absolute Gasteiger partial charge is 0.286 e. The zero-order chi connectivity index (χ0) is 11.8. The summed E-state index contributed by atoms with van der Waals surface area (Å²) in [6.07, 6.45) is 0.552. The van der Waals surface area contributed by atoms with E-state index in [9.17, 15) is 9.59 Å². The van der Waals surface area contributed by atoms with E-state index in [2.05, 4.69) is 10.3 Å². The number of fused-ring (bicyclic) bond motifs is 1. The summed E-state index contributed by atoms with van der Waals surface area (Å²) in [5.41, 5.74) is 2.03. The molecule has 1 fully saturated rings. The third-order valence-electron chi connectivity index (χ3n) is 2.76. The molecule has 86 valence electrons. The fourth-order valence-electron chi connectivity index (χ4n) is 1.97. The number of amides is 2. The maximum absolute atomic E-state index is 11.4. The number of aromatic amines is 1. The molecule has 1 aliphatic rings.